The third-order valence-corrected chi connectivity index (χ3v) is 4.11. The Morgan fingerprint density at radius 1 is 1.29 bits per heavy atom. The summed E-state index contributed by atoms with van der Waals surface area (Å²) in [5.41, 5.74) is -2.01. The molecule has 0 fully saturated rings. The van der Waals surface area contributed by atoms with Gasteiger partial charge < -0.3 is 14.8 Å². The Hall–Kier alpha value is -2.30. The number of halogens is 5. The molecule has 28 heavy (non-hydrogen) atoms. The predicted octanol–water partition coefficient (Wildman–Crippen LogP) is 3.23. The Labute approximate surface area is 166 Å². The highest BCUT2D eigenvalue weighted by Gasteiger charge is 2.31. The minimum absolute atomic E-state index is 0.00726. The fourth-order valence-electron chi connectivity index (χ4n) is 2.05. The molecule has 0 aliphatic heterocycles. The minimum Gasteiger partial charge on any atom is -0.489 e. The van der Waals surface area contributed by atoms with Gasteiger partial charge in [0.25, 0.3) is 5.56 Å². The van der Waals surface area contributed by atoms with Gasteiger partial charge in [-0.3, -0.25) is 9.59 Å². The van der Waals surface area contributed by atoms with E-state index in [4.69, 9.17) is 32.7 Å². The van der Waals surface area contributed by atoms with E-state index in [0.717, 1.165) is 29.1 Å². The number of nitrogens with zero attached hydrogens (tertiary/aromatic N) is 2. The zero-order chi connectivity index (χ0) is 20.9. The van der Waals surface area contributed by atoms with Gasteiger partial charge in [0.2, 0.25) is 5.91 Å². The van der Waals surface area contributed by atoms with Crippen molar-refractivity contribution in [2.45, 2.75) is 12.7 Å². The lowest BCUT2D eigenvalue weighted by atomic mass is 10.1. The van der Waals surface area contributed by atoms with Crippen LogP contribution in [0, 0.1) is 0 Å². The fourth-order valence-corrected chi connectivity index (χ4v) is 2.32. The third kappa shape index (κ3) is 5.60. The van der Waals surface area contributed by atoms with Gasteiger partial charge in [0.15, 0.2) is 0 Å². The molecule has 2 rings (SSSR count). The molecular weight excluding hydrogens is 426 g/mol. The Balaban J connectivity index is 2.25. The van der Waals surface area contributed by atoms with Gasteiger partial charge in [0, 0.05) is 7.11 Å². The van der Waals surface area contributed by atoms with Gasteiger partial charge in [-0.1, -0.05) is 23.2 Å². The van der Waals surface area contributed by atoms with Crippen LogP contribution in [0.3, 0.4) is 0 Å². The summed E-state index contributed by atoms with van der Waals surface area (Å²) < 4.78 is 49.8. The molecule has 1 amide bonds. The topological polar surface area (TPSA) is 82.4 Å². The summed E-state index contributed by atoms with van der Waals surface area (Å²) >= 11 is 11.4. The van der Waals surface area contributed by atoms with E-state index in [1.807, 2.05) is 0 Å². The highest BCUT2D eigenvalue weighted by atomic mass is 35.5. The standard InChI is InChI=1S/C16H14Cl2F3N3O4/c1-27-4-5-28-12-3-2-9(16(19,20)21)6-11(12)23-13(25)8-24-15(26)14(18)10(17)7-22-24/h2-3,6-7H,4-5,8H2,1H3,(H,23,25). The number of carbonyl (C=O) groups is 1. The molecule has 0 aliphatic carbocycles. The van der Waals surface area contributed by atoms with Crippen LogP contribution >= 0.6 is 23.2 Å². The van der Waals surface area contributed by atoms with Crippen molar-refractivity contribution in [2.24, 2.45) is 0 Å². The van der Waals surface area contributed by atoms with Crippen molar-refractivity contribution in [3.63, 3.8) is 0 Å². The number of hydrogen-bond donors (Lipinski definition) is 1. The van der Waals surface area contributed by atoms with Crippen molar-refractivity contribution in [1.82, 2.24) is 9.78 Å². The zero-order valence-electron chi connectivity index (χ0n) is 14.3. The van der Waals surface area contributed by atoms with Crippen LogP contribution in [0.2, 0.25) is 10.0 Å². The summed E-state index contributed by atoms with van der Waals surface area (Å²) in [5.74, 6) is -0.809. The van der Waals surface area contributed by atoms with E-state index in [1.165, 1.54) is 7.11 Å². The van der Waals surface area contributed by atoms with Gasteiger partial charge in [-0.2, -0.15) is 18.3 Å². The molecule has 1 aromatic carbocycles. The molecule has 0 atom stereocenters. The first kappa shape index (κ1) is 22.0. The Morgan fingerprint density at radius 3 is 2.64 bits per heavy atom. The van der Waals surface area contributed by atoms with Gasteiger partial charge in [-0.05, 0) is 18.2 Å². The molecule has 0 saturated heterocycles. The van der Waals surface area contributed by atoms with E-state index in [-0.39, 0.29) is 34.7 Å². The SMILES string of the molecule is COCCOc1ccc(C(F)(F)F)cc1NC(=O)Cn1ncc(Cl)c(Cl)c1=O. The number of anilines is 1. The number of carbonyl (C=O) groups excluding carboxylic acids is 1. The van der Waals surface area contributed by atoms with Crippen LogP contribution in [-0.4, -0.2) is 36.0 Å². The molecule has 1 aromatic heterocycles. The van der Waals surface area contributed by atoms with Crippen molar-refractivity contribution in [3.8, 4) is 5.75 Å². The largest absolute Gasteiger partial charge is 0.489 e. The molecule has 0 unspecified atom stereocenters. The quantitative estimate of drug-likeness (QED) is 0.669. The van der Waals surface area contributed by atoms with E-state index < -0.39 is 29.8 Å². The Kier molecular flexibility index (Phi) is 7.28. The van der Waals surface area contributed by atoms with Crippen LogP contribution in [-0.2, 0) is 22.3 Å². The van der Waals surface area contributed by atoms with Crippen molar-refractivity contribution < 1.29 is 27.4 Å². The summed E-state index contributed by atoms with van der Waals surface area (Å²) in [5, 5.41) is 5.52. The van der Waals surface area contributed by atoms with Gasteiger partial charge in [0.05, 0.1) is 29.1 Å². The van der Waals surface area contributed by atoms with E-state index >= 15 is 0 Å². The molecule has 152 valence electrons. The molecule has 0 spiro atoms. The molecule has 2 aromatic rings. The summed E-state index contributed by atoms with van der Waals surface area (Å²) in [6.45, 7) is -0.348. The van der Waals surface area contributed by atoms with E-state index in [1.54, 1.807) is 0 Å². The van der Waals surface area contributed by atoms with E-state index in [9.17, 15) is 22.8 Å². The van der Waals surface area contributed by atoms with Crippen LogP contribution in [0.1, 0.15) is 5.56 Å². The van der Waals surface area contributed by atoms with Crippen molar-refractivity contribution in [1.29, 1.82) is 0 Å². The average molecular weight is 440 g/mol. The molecule has 0 saturated carbocycles. The second-order valence-electron chi connectivity index (χ2n) is 5.37. The van der Waals surface area contributed by atoms with Crippen LogP contribution in [0.25, 0.3) is 0 Å². The van der Waals surface area contributed by atoms with Crippen LogP contribution in [0.4, 0.5) is 18.9 Å². The summed E-state index contributed by atoms with van der Waals surface area (Å²) in [6, 6.07) is 2.63. The number of benzene rings is 1. The number of ether oxygens (including phenoxy) is 2. The average Bonchev–Trinajstić information content (AvgIpc) is 2.62. The van der Waals surface area contributed by atoms with Gasteiger partial charge in [0.1, 0.15) is 23.9 Å². The summed E-state index contributed by atoms with van der Waals surface area (Å²) in [6.07, 6.45) is -3.55. The Bertz CT molecular complexity index is 919. The lowest BCUT2D eigenvalue weighted by molar-refractivity contribution is -0.137. The van der Waals surface area contributed by atoms with Gasteiger partial charge >= 0.3 is 6.18 Å². The van der Waals surface area contributed by atoms with Crippen molar-refractivity contribution in [2.75, 3.05) is 25.6 Å². The first-order chi connectivity index (χ1) is 13.1. The van der Waals surface area contributed by atoms with Gasteiger partial charge in [-0.25, -0.2) is 4.68 Å². The summed E-state index contributed by atoms with van der Waals surface area (Å²) in [4.78, 5) is 24.1. The molecule has 0 aliphatic rings. The molecule has 12 heteroatoms. The van der Waals surface area contributed by atoms with E-state index in [2.05, 4.69) is 10.4 Å². The number of nitrogens with one attached hydrogen (secondary N) is 1. The number of alkyl halides is 3. The predicted molar refractivity (Wildman–Crippen MR) is 96.0 cm³/mol. The first-order valence-electron chi connectivity index (χ1n) is 7.67. The fraction of sp³-hybridized carbons (Fsp3) is 0.312. The number of methoxy groups -OCH3 is 1. The first-order valence-corrected chi connectivity index (χ1v) is 8.43. The van der Waals surface area contributed by atoms with Gasteiger partial charge in [-0.15, -0.1) is 0 Å². The van der Waals surface area contributed by atoms with Crippen molar-refractivity contribution in [3.05, 3.63) is 50.4 Å². The lowest BCUT2D eigenvalue weighted by Crippen LogP contribution is -2.30. The second kappa shape index (κ2) is 9.26. The van der Waals surface area contributed by atoms with E-state index in [0.29, 0.717) is 0 Å². The van der Waals surface area contributed by atoms with Crippen molar-refractivity contribution >= 4 is 34.8 Å². The molecule has 0 bridgehead atoms. The van der Waals surface area contributed by atoms with Crippen LogP contribution in [0.5, 0.6) is 5.75 Å². The zero-order valence-corrected chi connectivity index (χ0v) is 15.9. The normalized spacial score (nSPS) is 11.4. The highest BCUT2D eigenvalue weighted by molar-refractivity contribution is 6.41. The Morgan fingerprint density at radius 2 is 2.00 bits per heavy atom. The maximum atomic E-state index is 13.0. The molecule has 7 nitrogen and oxygen atoms in total. The number of rotatable bonds is 7. The number of aromatic nitrogens is 2. The summed E-state index contributed by atoms with van der Waals surface area (Å²) in [7, 11) is 1.43. The molecule has 0 radical (unpaired) electrons. The second-order valence-corrected chi connectivity index (χ2v) is 6.15. The maximum Gasteiger partial charge on any atom is 0.416 e. The molecular formula is C16H14Cl2F3N3O4. The molecule has 1 N–H and O–H groups in total. The number of hydrogen-bond acceptors (Lipinski definition) is 5. The smallest absolute Gasteiger partial charge is 0.416 e. The molecule has 1 heterocycles. The third-order valence-electron chi connectivity index (χ3n) is 3.36. The highest BCUT2D eigenvalue weighted by Crippen LogP contribution is 2.35. The monoisotopic (exact) mass is 439 g/mol. The number of amides is 1. The minimum atomic E-state index is -4.62. The lowest BCUT2D eigenvalue weighted by Gasteiger charge is -2.15. The maximum absolute atomic E-state index is 13.0. The van der Waals surface area contributed by atoms with Crippen LogP contribution in [0.15, 0.2) is 29.2 Å². The van der Waals surface area contributed by atoms with Crippen LogP contribution < -0.4 is 15.6 Å².